The Morgan fingerprint density at radius 1 is 0.580 bits per heavy atom. The van der Waals surface area contributed by atoms with Crippen LogP contribution in [0, 0.1) is 29.1 Å². The predicted molar refractivity (Wildman–Crippen MR) is 204 cm³/mol. The first-order chi connectivity index (χ1) is 24.2. The molecular formula is C48H47NO. The SMILES string of the molecule is CC1(C)CCC(C)(C)c2cc(N(c3ccc(-c4ccccc4)cc3)c3cccc4c3Oc3ccccc3C43C4CC5CC6CC3C64C5)ccc21. The molecule has 4 saturated carbocycles. The summed E-state index contributed by atoms with van der Waals surface area (Å²) >= 11 is 0. The first-order valence-corrected chi connectivity index (χ1v) is 19.2. The maximum atomic E-state index is 7.19. The summed E-state index contributed by atoms with van der Waals surface area (Å²) in [5.74, 6) is 5.45. The van der Waals surface area contributed by atoms with E-state index in [-0.39, 0.29) is 16.2 Å². The zero-order chi connectivity index (χ0) is 33.6. The Morgan fingerprint density at radius 3 is 2.06 bits per heavy atom. The van der Waals surface area contributed by atoms with Crippen molar-refractivity contribution >= 4 is 17.1 Å². The standard InChI is InChI=1S/C48H47NO/c1-45(2)23-24-46(3,4)39-28-35(21-22-36(39)45)49(34-19-17-32(18-20-34)31-11-6-5-7-12-31)40-15-10-14-38-44(40)50-41-16-9-8-13-37(41)48(38)42-26-30-25-33-27-43(48)47(33,42)29-30/h5-22,28,30,33,42-43H,23-27,29H2,1-4H3. The molecule has 2 nitrogen and oxygen atoms in total. The molecule has 5 aromatic carbocycles. The minimum atomic E-state index is 0.0521. The van der Waals surface area contributed by atoms with E-state index in [1.54, 1.807) is 0 Å². The van der Waals surface area contributed by atoms with Crippen LogP contribution in [0.5, 0.6) is 11.5 Å². The summed E-state index contributed by atoms with van der Waals surface area (Å²) in [5, 5.41) is 0. The summed E-state index contributed by atoms with van der Waals surface area (Å²) in [7, 11) is 0. The highest BCUT2D eigenvalue weighted by atomic mass is 16.5. The molecule has 0 N–H and O–H groups in total. The average Bonchev–Trinajstić information content (AvgIpc) is 3.66. The lowest BCUT2D eigenvalue weighted by molar-refractivity contribution is -0.235. The van der Waals surface area contributed by atoms with Gasteiger partial charge in [0.05, 0.1) is 5.69 Å². The van der Waals surface area contributed by atoms with Crippen LogP contribution in [-0.2, 0) is 16.2 Å². The van der Waals surface area contributed by atoms with E-state index < -0.39 is 0 Å². The number of ether oxygens (including phenoxy) is 1. The highest BCUT2D eigenvalue weighted by Crippen LogP contribution is 2.89. The fourth-order valence-corrected chi connectivity index (χ4v) is 12.8. The smallest absolute Gasteiger partial charge is 0.155 e. The van der Waals surface area contributed by atoms with Crippen LogP contribution in [-0.4, -0.2) is 0 Å². The highest BCUT2D eigenvalue weighted by molar-refractivity contribution is 5.85. The zero-order valence-corrected chi connectivity index (χ0v) is 29.9. The second-order valence-electron chi connectivity index (χ2n) is 18.1. The van der Waals surface area contributed by atoms with E-state index in [2.05, 4.69) is 148 Å². The van der Waals surface area contributed by atoms with Gasteiger partial charge < -0.3 is 9.64 Å². The van der Waals surface area contributed by atoms with E-state index >= 15 is 0 Å². The molecule has 0 saturated heterocycles. The van der Waals surface area contributed by atoms with E-state index in [1.165, 1.54) is 77.6 Å². The Morgan fingerprint density at radius 2 is 1.26 bits per heavy atom. The van der Waals surface area contributed by atoms with E-state index in [9.17, 15) is 0 Å². The van der Waals surface area contributed by atoms with Crippen LogP contribution in [0.25, 0.3) is 11.1 Å². The number of fused-ring (bicyclic) bond motifs is 8. The quantitative estimate of drug-likeness (QED) is 0.191. The summed E-state index contributed by atoms with van der Waals surface area (Å²) < 4.78 is 7.19. The molecule has 6 aliphatic rings. The molecule has 1 aliphatic heterocycles. The van der Waals surface area contributed by atoms with Crippen molar-refractivity contribution in [3.05, 3.63) is 138 Å². The van der Waals surface area contributed by atoms with Gasteiger partial charge in [-0.05, 0) is 137 Å². The molecule has 4 fully saturated rings. The van der Waals surface area contributed by atoms with Gasteiger partial charge in [-0.15, -0.1) is 0 Å². The number of anilines is 3. The third kappa shape index (κ3) is 3.56. The van der Waals surface area contributed by atoms with Crippen molar-refractivity contribution in [3.63, 3.8) is 0 Å². The Kier molecular flexibility index (Phi) is 5.72. The third-order valence-electron chi connectivity index (χ3n) is 15.1. The lowest BCUT2D eigenvalue weighted by Crippen LogP contribution is -2.74. The minimum Gasteiger partial charge on any atom is -0.455 e. The Bertz CT molecular complexity index is 2200. The van der Waals surface area contributed by atoms with Crippen molar-refractivity contribution in [2.24, 2.45) is 29.1 Å². The Hall–Kier alpha value is -4.30. The van der Waals surface area contributed by atoms with Gasteiger partial charge >= 0.3 is 0 Å². The van der Waals surface area contributed by atoms with Gasteiger partial charge in [0.15, 0.2) is 5.75 Å². The number of nitrogens with zero attached hydrogens (tertiary/aromatic N) is 1. The van der Waals surface area contributed by atoms with E-state index in [1.807, 2.05) is 0 Å². The third-order valence-corrected chi connectivity index (χ3v) is 15.1. The lowest BCUT2D eigenvalue weighted by Gasteiger charge is -2.77. The van der Waals surface area contributed by atoms with E-state index in [0.29, 0.717) is 5.41 Å². The largest absolute Gasteiger partial charge is 0.455 e. The fraction of sp³-hybridized carbons (Fsp3) is 0.375. The number of benzene rings is 5. The molecule has 2 heteroatoms. The number of rotatable bonds is 4. The van der Waals surface area contributed by atoms with Gasteiger partial charge in [0.25, 0.3) is 0 Å². The summed E-state index contributed by atoms with van der Waals surface area (Å²) in [4.78, 5) is 2.51. The Balaban J connectivity index is 1.12. The van der Waals surface area contributed by atoms with Crippen molar-refractivity contribution < 1.29 is 4.74 Å². The minimum absolute atomic E-state index is 0.0521. The maximum Gasteiger partial charge on any atom is 0.155 e. The molecule has 0 radical (unpaired) electrons. The second-order valence-corrected chi connectivity index (χ2v) is 18.1. The molecule has 5 aliphatic carbocycles. The predicted octanol–water partition coefficient (Wildman–Crippen LogP) is 12.6. The normalized spacial score (nSPS) is 31.0. The van der Waals surface area contributed by atoms with Crippen LogP contribution in [0.4, 0.5) is 17.1 Å². The van der Waals surface area contributed by atoms with Gasteiger partial charge in [-0.3, -0.25) is 0 Å². The maximum absolute atomic E-state index is 7.19. The van der Waals surface area contributed by atoms with Crippen LogP contribution in [0.2, 0.25) is 0 Å². The van der Waals surface area contributed by atoms with Crippen molar-refractivity contribution in [1.82, 2.24) is 0 Å². The monoisotopic (exact) mass is 653 g/mol. The van der Waals surface area contributed by atoms with Crippen LogP contribution < -0.4 is 9.64 Å². The van der Waals surface area contributed by atoms with Crippen LogP contribution >= 0.6 is 0 Å². The van der Waals surface area contributed by atoms with E-state index in [4.69, 9.17) is 4.74 Å². The molecule has 1 heterocycles. The van der Waals surface area contributed by atoms with Gasteiger partial charge in [-0.2, -0.15) is 0 Å². The van der Waals surface area contributed by atoms with Crippen molar-refractivity contribution in [1.29, 1.82) is 0 Å². The first kappa shape index (κ1) is 29.4. The molecule has 5 aromatic rings. The molecular weight excluding hydrogens is 607 g/mol. The second kappa shape index (κ2) is 9.72. The molecule has 6 atom stereocenters. The van der Waals surface area contributed by atoms with Crippen LogP contribution in [0.3, 0.4) is 0 Å². The summed E-state index contributed by atoms with van der Waals surface area (Å²) in [5.41, 5.74) is 12.8. The van der Waals surface area contributed by atoms with Gasteiger partial charge in [-0.25, -0.2) is 0 Å². The van der Waals surface area contributed by atoms with Crippen molar-refractivity contribution in [2.45, 2.75) is 82.5 Å². The number of para-hydroxylation sites is 2. The molecule has 0 aromatic heterocycles. The van der Waals surface area contributed by atoms with Crippen LogP contribution in [0.1, 0.15) is 88.5 Å². The summed E-state index contributed by atoms with van der Waals surface area (Å²) in [6.07, 6.45) is 8.11. The number of hydrogen-bond acceptors (Lipinski definition) is 2. The Labute approximate surface area is 297 Å². The zero-order valence-electron chi connectivity index (χ0n) is 29.9. The van der Waals surface area contributed by atoms with Gasteiger partial charge in [0, 0.05) is 27.9 Å². The highest BCUT2D eigenvalue weighted by Gasteiger charge is 2.84. The van der Waals surface area contributed by atoms with Gasteiger partial charge in [-0.1, -0.05) is 107 Å². The molecule has 0 amide bonds. The summed E-state index contributed by atoms with van der Waals surface area (Å²) in [6, 6.07) is 43.4. The van der Waals surface area contributed by atoms with Gasteiger partial charge in [0.2, 0.25) is 0 Å². The average molecular weight is 654 g/mol. The molecule has 2 spiro atoms. The molecule has 2 bridgehead atoms. The molecule has 6 unspecified atom stereocenters. The molecule has 11 rings (SSSR count). The van der Waals surface area contributed by atoms with Crippen LogP contribution in [0.15, 0.2) is 115 Å². The lowest BCUT2D eigenvalue weighted by atomic mass is 9.26. The number of hydrogen-bond donors (Lipinski definition) is 0. The van der Waals surface area contributed by atoms with Crippen molar-refractivity contribution in [3.8, 4) is 22.6 Å². The molecule has 50 heavy (non-hydrogen) atoms. The topological polar surface area (TPSA) is 12.5 Å². The summed E-state index contributed by atoms with van der Waals surface area (Å²) in [6.45, 7) is 9.72. The first-order valence-electron chi connectivity index (χ1n) is 19.2. The van der Waals surface area contributed by atoms with Gasteiger partial charge in [0.1, 0.15) is 5.75 Å². The fourth-order valence-electron chi connectivity index (χ4n) is 12.8. The van der Waals surface area contributed by atoms with E-state index in [0.717, 1.165) is 46.5 Å². The molecule has 250 valence electrons. The van der Waals surface area contributed by atoms with Crippen molar-refractivity contribution in [2.75, 3.05) is 4.90 Å².